The number of ether oxygens (including phenoxy) is 1. The van der Waals surface area contributed by atoms with Crippen molar-refractivity contribution in [2.24, 2.45) is 0 Å². The van der Waals surface area contributed by atoms with Gasteiger partial charge in [0.1, 0.15) is 11.4 Å². The number of likely N-dealkylation sites (N-methyl/N-ethyl adjacent to an activating group) is 1. The topological polar surface area (TPSA) is 70.8 Å². The van der Waals surface area contributed by atoms with Crippen LogP contribution in [-0.4, -0.2) is 66.6 Å². The maximum Gasteiger partial charge on any atom is 0.251 e. The van der Waals surface area contributed by atoms with Crippen LogP contribution in [0.3, 0.4) is 0 Å². The maximum absolute atomic E-state index is 13.0. The van der Waals surface area contributed by atoms with E-state index in [4.69, 9.17) is 10.5 Å². The average molecular weight is 387 g/mol. The fourth-order valence-electron chi connectivity index (χ4n) is 4.93. The molecule has 4 rings (SSSR count). The second-order valence-corrected chi connectivity index (χ2v) is 9.37. The Bertz CT molecular complexity index is 732. The third-order valence-corrected chi connectivity index (χ3v) is 6.60. The van der Waals surface area contributed by atoms with E-state index in [0.717, 1.165) is 37.1 Å². The van der Waals surface area contributed by atoms with Crippen LogP contribution < -0.4 is 15.8 Å². The summed E-state index contributed by atoms with van der Waals surface area (Å²) < 4.78 is 5.98. The predicted molar refractivity (Wildman–Crippen MR) is 112 cm³/mol. The molecule has 1 aromatic carbocycles. The van der Waals surface area contributed by atoms with Gasteiger partial charge in [-0.2, -0.15) is 0 Å². The number of nitrogens with one attached hydrogen (secondary N) is 1. The molecule has 3 N–H and O–H groups in total. The molecule has 0 atom stereocenters. The number of anilines is 1. The lowest BCUT2D eigenvalue weighted by Crippen LogP contribution is -2.51. The van der Waals surface area contributed by atoms with Crippen molar-refractivity contribution in [1.29, 1.82) is 0 Å². The highest BCUT2D eigenvalue weighted by Crippen LogP contribution is 2.41. The van der Waals surface area contributed by atoms with Crippen molar-refractivity contribution < 1.29 is 9.53 Å². The lowest BCUT2D eigenvalue weighted by Gasteiger charge is -2.41. The predicted octanol–water partition coefficient (Wildman–Crippen LogP) is 2.27. The monoisotopic (exact) mass is 386 g/mol. The fourth-order valence-corrected chi connectivity index (χ4v) is 4.93. The molecule has 1 saturated carbocycles. The summed E-state index contributed by atoms with van der Waals surface area (Å²) in [4.78, 5) is 18.0. The van der Waals surface area contributed by atoms with Crippen molar-refractivity contribution in [1.82, 2.24) is 15.1 Å². The molecule has 28 heavy (non-hydrogen) atoms. The minimum atomic E-state index is -0.312. The van der Waals surface area contributed by atoms with Gasteiger partial charge in [-0.1, -0.05) is 0 Å². The quantitative estimate of drug-likeness (QED) is 0.780. The first-order valence-electron chi connectivity index (χ1n) is 10.7. The van der Waals surface area contributed by atoms with Crippen molar-refractivity contribution in [2.75, 3.05) is 39.0 Å². The second-order valence-electron chi connectivity index (χ2n) is 9.37. The van der Waals surface area contributed by atoms with E-state index in [1.54, 1.807) is 6.07 Å². The second kappa shape index (κ2) is 7.56. The lowest BCUT2D eigenvalue weighted by molar-refractivity contribution is 0.0790. The molecular weight excluding hydrogens is 352 g/mol. The Kier molecular flexibility index (Phi) is 5.27. The zero-order chi connectivity index (χ0) is 19.9. The van der Waals surface area contributed by atoms with Gasteiger partial charge < -0.3 is 20.7 Å². The SMILES string of the molecule is CN1CCN([C@H]2CC[C@H](NC(=O)c3ccc(N)c4c3CC(C)(C)O4)CC2)CC1. The first kappa shape index (κ1) is 19.5. The fraction of sp³-hybridized carbons (Fsp3) is 0.682. The van der Waals surface area contributed by atoms with Crippen molar-refractivity contribution in [3.63, 3.8) is 0 Å². The smallest absolute Gasteiger partial charge is 0.251 e. The highest BCUT2D eigenvalue weighted by atomic mass is 16.5. The van der Waals surface area contributed by atoms with Gasteiger partial charge in [0.05, 0.1) is 5.69 Å². The Morgan fingerprint density at radius 3 is 2.50 bits per heavy atom. The van der Waals surface area contributed by atoms with E-state index in [-0.39, 0.29) is 17.6 Å². The van der Waals surface area contributed by atoms with Gasteiger partial charge in [-0.05, 0) is 58.7 Å². The summed E-state index contributed by atoms with van der Waals surface area (Å²) in [5, 5.41) is 3.28. The molecule has 0 radical (unpaired) electrons. The number of rotatable bonds is 3. The minimum Gasteiger partial charge on any atom is -0.485 e. The van der Waals surface area contributed by atoms with Crippen LogP contribution in [0.5, 0.6) is 5.75 Å². The molecule has 1 amide bonds. The number of piperazine rings is 1. The number of amides is 1. The molecule has 1 aliphatic carbocycles. The summed E-state index contributed by atoms with van der Waals surface area (Å²) in [7, 11) is 2.20. The van der Waals surface area contributed by atoms with Gasteiger partial charge in [0.25, 0.3) is 5.91 Å². The van der Waals surface area contributed by atoms with Crippen LogP contribution in [0.2, 0.25) is 0 Å². The Balaban J connectivity index is 1.35. The van der Waals surface area contributed by atoms with E-state index < -0.39 is 0 Å². The highest BCUT2D eigenvalue weighted by Gasteiger charge is 2.35. The van der Waals surface area contributed by atoms with Crippen molar-refractivity contribution >= 4 is 11.6 Å². The van der Waals surface area contributed by atoms with Gasteiger partial charge in [0.15, 0.2) is 0 Å². The molecule has 3 aliphatic rings. The normalized spacial score (nSPS) is 27.8. The number of carbonyl (C=O) groups excluding carboxylic acids is 1. The number of nitrogens with two attached hydrogens (primary N) is 1. The number of hydrogen-bond donors (Lipinski definition) is 2. The Labute approximate surface area is 168 Å². The van der Waals surface area contributed by atoms with Crippen LogP contribution in [0.15, 0.2) is 12.1 Å². The molecule has 1 aromatic rings. The van der Waals surface area contributed by atoms with Gasteiger partial charge in [0, 0.05) is 55.8 Å². The third-order valence-electron chi connectivity index (χ3n) is 6.60. The first-order valence-corrected chi connectivity index (χ1v) is 10.7. The van der Waals surface area contributed by atoms with Gasteiger partial charge in [-0.3, -0.25) is 9.69 Å². The van der Waals surface area contributed by atoms with Gasteiger partial charge in [0.2, 0.25) is 0 Å². The maximum atomic E-state index is 13.0. The summed E-state index contributed by atoms with van der Waals surface area (Å²) in [6, 6.07) is 4.58. The van der Waals surface area contributed by atoms with Crippen molar-refractivity contribution in [2.45, 2.75) is 63.6 Å². The molecule has 2 heterocycles. The number of hydrogen-bond acceptors (Lipinski definition) is 5. The standard InChI is InChI=1S/C22H34N4O2/c1-22(2)14-18-17(8-9-19(23)20(18)28-22)21(27)24-15-4-6-16(7-5-15)26-12-10-25(3)11-13-26/h8-9,15-16H,4-7,10-14,23H2,1-3H3,(H,24,27)/t15-,16-. The van der Waals surface area contributed by atoms with Gasteiger partial charge >= 0.3 is 0 Å². The molecule has 1 saturated heterocycles. The van der Waals surface area contributed by atoms with E-state index in [2.05, 4.69) is 22.2 Å². The molecule has 6 nitrogen and oxygen atoms in total. The van der Waals surface area contributed by atoms with Gasteiger partial charge in [-0.25, -0.2) is 0 Å². The minimum absolute atomic E-state index is 0.0144. The third kappa shape index (κ3) is 3.98. The number of nitrogens with zero attached hydrogens (tertiary/aromatic N) is 2. The van der Waals surface area contributed by atoms with Crippen LogP contribution in [0.1, 0.15) is 55.5 Å². The summed E-state index contributed by atoms with van der Waals surface area (Å²) in [6.07, 6.45) is 5.17. The molecular formula is C22H34N4O2. The Morgan fingerprint density at radius 2 is 1.82 bits per heavy atom. The summed E-state index contributed by atoms with van der Waals surface area (Å²) in [5.74, 6) is 0.706. The molecule has 2 aliphatic heterocycles. The summed E-state index contributed by atoms with van der Waals surface area (Å²) >= 11 is 0. The lowest BCUT2D eigenvalue weighted by atomic mass is 9.89. The number of benzene rings is 1. The number of carbonyl (C=O) groups is 1. The van der Waals surface area contributed by atoms with Crippen LogP contribution in [0.4, 0.5) is 5.69 Å². The van der Waals surface area contributed by atoms with E-state index in [1.165, 1.54) is 25.9 Å². The van der Waals surface area contributed by atoms with Crippen LogP contribution >= 0.6 is 0 Å². The van der Waals surface area contributed by atoms with E-state index in [1.807, 2.05) is 19.9 Å². The summed E-state index contributed by atoms with van der Waals surface area (Å²) in [5.41, 5.74) is 8.05. The summed E-state index contributed by atoms with van der Waals surface area (Å²) in [6.45, 7) is 8.74. The van der Waals surface area contributed by atoms with E-state index >= 15 is 0 Å². The molecule has 0 bridgehead atoms. The molecule has 0 unspecified atom stereocenters. The number of fused-ring (bicyclic) bond motifs is 1. The van der Waals surface area contributed by atoms with E-state index in [9.17, 15) is 4.79 Å². The average Bonchev–Trinajstić information content (AvgIpc) is 2.99. The van der Waals surface area contributed by atoms with Crippen molar-refractivity contribution in [3.05, 3.63) is 23.3 Å². The number of nitrogen functional groups attached to an aromatic ring is 1. The van der Waals surface area contributed by atoms with Crippen LogP contribution in [0, 0.1) is 0 Å². The molecule has 2 fully saturated rings. The molecule has 0 aromatic heterocycles. The van der Waals surface area contributed by atoms with E-state index in [0.29, 0.717) is 23.9 Å². The molecule has 154 valence electrons. The zero-order valence-electron chi connectivity index (χ0n) is 17.5. The van der Waals surface area contributed by atoms with Crippen LogP contribution in [0.25, 0.3) is 0 Å². The molecule has 0 spiro atoms. The zero-order valence-corrected chi connectivity index (χ0v) is 17.5. The first-order chi connectivity index (χ1) is 13.3. The van der Waals surface area contributed by atoms with Gasteiger partial charge in [-0.15, -0.1) is 0 Å². The highest BCUT2D eigenvalue weighted by molar-refractivity contribution is 5.97. The molecule has 6 heteroatoms. The Hall–Kier alpha value is -1.79. The largest absolute Gasteiger partial charge is 0.485 e. The van der Waals surface area contributed by atoms with Crippen molar-refractivity contribution in [3.8, 4) is 5.75 Å². The van der Waals surface area contributed by atoms with Crippen LogP contribution in [-0.2, 0) is 6.42 Å². The Morgan fingerprint density at radius 1 is 1.14 bits per heavy atom.